The summed E-state index contributed by atoms with van der Waals surface area (Å²) in [6, 6.07) is 23.5. The molecule has 5 N–H and O–H groups in total. The van der Waals surface area contributed by atoms with Crippen LogP contribution >= 0.6 is 0 Å². The number of nitrogens with one attached hydrogen (secondary N) is 3. The van der Waals surface area contributed by atoms with Gasteiger partial charge in [-0.3, -0.25) is 15.0 Å². The van der Waals surface area contributed by atoms with Crippen molar-refractivity contribution < 1.29 is 28.7 Å². The molecule has 1 aliphatic heterocycles. The van der Waals surface area contributed by atoms with Gasteiger partial charge in [0, 0.05) is 30.9 Å². The number of carbonyl (C=O) groups is 4. The van der Waals surface area contributed by atoms with E-state index in [1.54, 1.807) is 18.2 Å². The summed E-state index contributed by atoms with van der Waals surface area (Å²) in [5.74, 6) is -1.13. The van der Waals surface area contributed by atoms with Gasteiger partial charge in [0.1, 0.15) is 25.1 Å². The van der Waals surface area contributed by atoms with E-state index >= 15 is 0 Å². The molecular weight excluding hydrogens is 552 g/mol. The Morgan fingerprint density at radius 2 is 1.51 bits per heavy atom. The van der Waals surface area contributed by atoms with Crippen molar-refractivity contribution in [2.24, 2.45) is 5.73 Å². The number of urea groups is 1. The lowest BCUT2D eigenvalue weighted by Gasteiger charge is -2.40. The molecule has 1 fully saturated rings. The molecule has 43 heavy (non-hydrogen) atoms. The van der Waals surface area contributed by atoms with Gasteiger partial charge in [0.25, 0.3) is 5.91 Å². The van der Waals surface area contributed by atoms with Crippen LogP contribution in [0.25, 0.3) is 0 Å². The van der Waals surface area contributed by atoms with Gasteiger partial charge in [-0.2, -0.15) is 0 Å². The third-order valence-electron chi connectivity index (χ3n) is 6.70. The lowest BCUT2D eigenvalue weighted by molar-refractivity contribution is -0.144. The van der Waals surface area contributed by atoms with Gasteiger partial charge in [-0.25, -0.2) is 9.59 Å². The molecule has 1 unspecified atom stereocenters. The number of amidine groups is 1. The maximum atomic E-state index is 13.1. The van der Waals surface area contributed by atoms with E-state index in [2.05, 4.69) is 10.6 Å². The van der Waals surface area contributed by atoms with Crippen molar-refractivity contribution in [3.05, 3.63) is 102 Å². The zero-order valence-electron chi connectivity index (χ0n) is 23.5. The first-order chi connectivity index (χ1) is 20.8. The van der Waals surface area contributed by atoms with Gasteiger partial charge >= 0.3 is 18.1 Å². The van der Waals surface area contributed by atoms with Gasteiger partial charge in [0.05, 0.1) is 13.0 Å². The number of rotatable bonds is 10. The highest BCUT2D eigenvalue weighted by atomic mass is 16.6. The molecule has 1 atom stereocenters. The molecule has 1 saturated heterocycles. The van der Waals surface area contributed by atoms with Crippen LogP contribution in [-0.2, 0) is 27.5 Å². The lowest BCUT2D eigenvalue weighted by Crippen LogP contribution is -2.61. The first kappa shape index (κ1) is 30.6. The third-order valence-corrected chi connectivity index (χ3v) is 6.70. The summed E-state index contributed by atoms with van der Waals surface area (Å²) in [6.45, 7) is 0.673. The molecular formula is C31H34N6O6. The summed E-state index contributed by atoms with van der Waals surface area (Å²) in [4.78, 5) is 53.2. The van der Waals surface area contributed by atoms with Gasteiger partial charge in [-0.05, 0) is 29.3 Å². The van der Waals surface area contributed by atoms with Crippen LogP contribution < -0.4 is 16.4 Å². The summed E-state index contributed by atoms with van der Waals surface area (Å²) in [5, 5.41) is 13.4. The molecule has 0 aliphatic carbocycles. The number of hydrogen-bond donors (Lipinski definition) is 4. The number of ether oxygens (including phenoxy) is 2. The molecule has 4 amide bonds. The van der Waals surface area contributed by atoms with Crippen molar-refractivity contribution in [3.63, 3.8) is 0 Å². The molecule has 0 spiro atoms. The Morgan fingerprint density at radius 3 is 2.16 bits per heavy atom. The van der Waals surface area contributed by atoms with Crippen molar-refractivity contribution in [2.75, 3.05) is 31.5 Å². The SMILES string of the molecule is N=C(N)C1CN(C(=O)OCc2ccccc2)CCN1C(=O)Nc1cccc(C(=O)NCCC(=O)OCc2ccccc2)c1. The third kappa shape index (κ3) is 9.05. The number of amides is 4. The topological polar surface area (TPSA) is 167 Å². The average molecular weight is 587 g/mol. The molecule has 3 aromatic carbocycles. The highest BCUT2D eigenvalue weighted by Gasteiger charge is 2.35. The lowest BCUT2D eigenvalue weighted by atomic mass is 10.1. The molecule has 0 aromatic heterocycles. The second kappa shape index (κ2) is 15.0. The number of benzene rings is 3. The van der Waals surface area contributed by atoms with Crippen LogP contribution in [0.5, 0.6) is 0 Å². The second-order valence-corrected chi connectivity index (χ2v) is 9.81. The quantitative estimate of drug-likeness (QED) is 0.161. The van der Waals surface area contributed by atoms with Crippen LogP contribution in [0.4, 0.5) is 15.3 Å². The Kier molecular flexibility index (Phi) is 10.7. The standard InChI is InChI=1S/C31H34N6O6/c32-28(33)26-19-36(31(41)43-21-23-10-5-2-6-11-23)16-17-37(26)30(40)35-25-13-7-12-24(18-25)29(39)34-15-14-27(38)42-20-22-8-3-1-4-9-22/h1-13,18,26H,14-17,19-21H2,(H3,32,33)(H,34,39)(H,35,40). The van der Waals surface area contributed by atoms with Crippen molar-refractivity contribution in [1.82, 2.24) is 15.1 Å². The number of esters is 1. The Balaban J connectivity index is 1.25. The normalized spacial score (nSPS) is 14.4. The molecule has 3 aromatic rings. The molecule has 1 aliphatic rings. The van der Waals surface area contributed by atoms with Gasteiger partial charge in [0.2, 0.25) is 0 Å². The smallest absolute Gasteiger partial charge is 0.410 e. The summed E-state index contributed by atoms with van der Waals surface area (Å²) in [7, 11) is 0. The molecule has 0 radical (unpaired) electrons. The Morgan fingerprint density at radius 1 is 0.860 bits per heavy atom. The monoisotopic (exact) mass is 586 g/mol. The van der Waals surface area contributed by atoms with Crippen LogP contribution in [0.2, 0.25) is 0 Å². The number of nitrogens with two attached hydrogens (primary N) is 1. The fourth-order valence-corrected chi connectivity index (χ4v) is 4.39. The largest absolute Gasteiger partial charge is 0.461 e. The van der Waals surface area contributed by atoms with Crippen molar-refractivity contribution in [2.45, 2.75) is 25.7 Å². The minimum atomic E-state index is -0.855. The molecule has 12 heteroatoms. The minimum Gasteiger partial charge on any atom is -0.461 e. The van der Waals surface area contributed by atoms with E-state index in [1.807, 2.05) is 60.7 Å². The zero-order valence-corrected chi connectivity index (χ0v) is 23.5. The predicted molar refractivity (Wildman–Crippen MR) is 159 cm³/mol. The van der Waals surface area contributed by atoms with E-state index < -0.39 is 30.0 Å². The Labute approximate surface area is 249 Å². The number of nitrogens with zero attached hydrogens (tertiary/aromatic N) is 2. The highest BCUT2D eigenvalue weighted by molar-refractivity contribution is 5.98. The van der Waals surface area contributed by atoms with E-state index in [0.29, 0.717) is 5.69 Å². The van der Waals surface area contributed by atoms with Crippen molar-refractivity contribution >= 4 is 35.5 Å². The number of piperazine rings is 1. The molecule has 224 valence electrons. The Hall–Kier alpha value is -5.39. The summed E-state index contributed by atoms with van der Waals surface area (Å²) < 4.78 is 10.6. The van der Waals surface area contributed by atoms with E-state index in [1.165, 1.54) is 15.9 Å². The van der Waals surface area contributed by atoms with Gasteiger partial charge in [-0.1, -0.05) is 66.7 Å². The fraction of sp³-hybridized carbons (Fsp3) is 0.258. The minimum absolute atomic E-state index is 0.00655. The van der Waals surface area contributed by atoms with Crippen LogP contribution in [0, 0.1) is 5.41 Å². The predicted octanol–water partition coefficient (Wildman–Crippen LogP) is 3.34. The number of anilines is 1. The molecule has 4 rings (SSSR count). The molecule has 0 bridgehead atoms. The first-order valence-corrected chi connectivity index (χ1v) is 13.7. The molecule has 12 nitrogen and oxygen atoms in total. The van der Waals surface area contributed by atoms with Gasteiger partial charge in [0.15, 0.2) is 0 Å². The van der Waals surface area contributed by atoms with E-state index in [9.17, 15) is 19.2 Å². The fourth-order valence-electron chi connectivity index (χ4n) is 4.39. The van der Waals surface area contributed by atoms with Crippen LogP contribution in [-0.4, -0.2) is 71.9 Å². The summed E-state index contributed by atoms with van der Waals surface area (Å²) >= 11 is 0. The first-order valence-electron chi connectivity index (χ1n) is 13.7. The van der Waals surface area contributed by atoms with E-state index in [-0.39, 0.29) is 57.2 Å². The van der Waals surface area contributed by atoms with Crippen molar-refractivity contribution in [1.29, 1.82) is 5.41 Å². The van der Waals surface area contributed by atoms with E-state index in [4.69, 9.17) is 20.6 Å². The summed E-state index contributed by atoms with van der Waals surface area (Å²) in [6.07, 6.45) is -0.550. The van der Waals surface area contributed by atoms with E-state index in [0.717, 1.165) is 11.1 Å². The summed E-state index contributed by atoms with van der Waals surface area (Å²) in [5.41, 5.74) is 8.14. The van der Waals surface area contributed by atoms with Crippen molar-refractivity contribution in [3.8, 4) is 0 Å². The average Bonchev–Trinajstić information content (AvgIpc) is 3.03. The Bertz CT molecular complexity index is 1430. The number of hydrogen-bond acceptors (Lipinski definition) is 7. The molecule has 1 heterocycles. The van der Waals surface area contributed by atoms with Crippen LogP contribution in [0.3, 0.4) is 0 Å². The van der Waals surface area contributed by atoms with Gasteiger partial charge < -0.3 is 35.6 Å². The maximum absolute atomic E-state index is 13.1. The van der Waals surface area contributed by atoms with Crippen LogP contribution in [0.15, 0.2) is 84.9 Å². The maximum Gasteiger partial charge on any atom is 0.410 e. The van der Waals surface area contributed by atoms with Gasteiger partial charge in [-0.15, -0.1) is 0 Å². The zero-order chi connectivity index (χ0) is 30.6. The van der Waals surface area contributed by atoms with Crippen LogP contribution in [0.1, 0.15) is 27.9 Å². The molecule has 0 saturated carbocycles. The highest BCUT2D eigenvalue weighted by Crippen LogP contribution is 2.17. The second-order valence-electron chi connectivity index (χ2n) is 9.81. The number of carbonyl (C=O) groups excluding carboxylic acids is 4.